The Hall–Kier alpha value is -1.63. The number of halogens is 4. The van der Waals surface area contributed by atoms with Crippen LogP contribution in [0.1, 0.15) is 12.5 Å². The molecule has 1 aromatic carbocycles. The summed E-state index contributed by atoms with van der Waals surface area (Å²) in [6.45, 7) is 2.33. The molecule has 0 aromatic heterocycles. The highest BCUT2D eigenvalue weighted by molar-refractivity contribution is 5.92. The lowest BCUT2D eigenvalue weighted by atomic mass is 10.2. The summed E-state index contributed by atoms with van der Waals surface area (Å²) in [5.41, 5.74) is -1.49. The third-order valence-corrected chi connectivity index (χ3v) is 2.09. The smallest absolute Gasteiger partial charge is 0.325 e. The molecule has 1 aromatic rings. The second-order valence-corrected chi connectivity index (χ2v) is 3.52. The highest BCUT2D eigenvalue weighted by Crippen LogP contribution is 2.32. The fourth-order valence-corrected chi connectivity index (χ4v) is 1.26. The average Bonchev–Trinajstić information content (AvgIpc) is 2.27. The van der Waals surface area contributed by atoms with Gasteiger partial charge in [0.25, 0.3) is 0 Å². The van der Waals surface area contributed by atoms with E-state index in [-0.39, 0.29) is 12.2 Å². The molecule has 0 saturated carbocycles. The molecule has 0 radical (unpaired) electrons. The minimum Gasteiger partial charge on any atom is -0.325 e. The maximum absolute atomic E-state index is 13.0. The zero-order chi connectivity index (χ0) is 13.8. The summed E-state index contributed by atoms with van der Waals surface area (Å²) in [7, 11) is 0. The second-order valence-electron chi connectivity index (χ2n) is 3.52. The van der Waals surface area contributed by atoms with Crippen molar-refractivity contribution in [1.29, 1.82) is 0 Å². The molecule has 0 bridgehead atoms. The highest BCUT2D eigenvalue weighted by Gasteiger charge is 2.34. The molecule has 0 atom stereocenters. The Balaban J connectivity index is 2.83. The van der Waals surface area contributed by atoms with E-state index in [0.717, 1.165) is 6.07 Å². The van der Waals surface area contributed by atoms with Crippen LogP contribution in [-0.2, 0) is 11.0 Å². The lowest BCUT2D eigenvalue weighted by Gasteiger charge is -2.11. The summed E-state index contributed by atoms with van der Waals surface area (Å²) in [4.78, 5) is 11.3. The number of likely N-dealkylation sites (N-methyl/N-ethyl adjacent to an activating group) is 1. The van der Waals surface area contributed by atoms with Crippen LogP contribution in [0, 0.1) is 5.82 Å². The van der Waals surface area contributed by atoms with Gasteiger partial charge in [0.1, 0.15) is 5.82 Å². The van der Waals surface area contributed by atoms with Crippen molar-refractivity contribution in [2.24, 2.45) is 0 Å². The number of nitrogens with one attached hydrogen (secondary N) is 2. The van der Waals surface area contributed by atoms with Crippen molar-refractivity contribution in [3.05, 3.63) is 29.6 Å². The monoisotopic (exact) mass is 264 g/mol. The van der Waals surface area contributed by atoms with Gasteiger partial charge in [-0.15, -0.1) is 0 Å². The normalized spacial score (nSPS) is 11.4. The lowest BCUT2D eigenvalue weighted by molar-refractivity contribution is -0.140. The number of alkyl halides is 3. The molecule has 7 heteroatoms. The Kier molecular flexibility index (Phi) is 4.66. The standard InChI is InChI=1S/C11H12F4N2O/c1-2-16-6-10(18)17-7-3-4-9(12)8(5-7)11(13,14)15/h3-5,16H,2,6H2,1H3,(H,17,18). The molecule has 1 rings (SSSR count). The number of carbonyl (C=O) groups excluding carboxylic acids is 1. The van der Waals surface area contributed by atoms with Crippen molar-refractivity contribution in [2.75, 3.05) is 18.4 Å². The Morgan fingerprint density at radius 1 is 1.33 bits per heavy atom. The van der Waals surface area contributed by atoms with Crippen LogP contribution in [0.15, 0.2) is 18.2 Å². The number of hydrogen-bond acceptors (Lipinski definition) is 2. The van der Waals surface area contributed by atoms with E-state index in [2.05, 4.69) is 10.6 Å². The molecule has 2 N–H and O–H groups in total. The van der Waals surface area contributed by atoms with Gasteiger partial charge < -0.3 is 10.6 Å². The van der Waals surface area contributed by atoms with Crippen molar-refractivity contribution in [1.82, 2.24) is 5.32 Å². The fraction of sp³-hybridized carbons (Fsp3) is 0.364. The molecule has 1 amide bonds. The Bertz CT molecular complexity index is 432. The van der Waals surface area contributed by atoms with Gasteiger partial charge in [-0.1, -0.05) is 6.92 Å². The number of carbonyl (C=O) groups is 1. The van der Waals surface area contributed by atoms with E-state index in [0.29, 0.717) is 18.7 Å². The zero-order valence-corrected chi connectivity index (χ0v) is 9.57. The Morgan fingerprint density at radius 2 is 2.00 bits per heavy atom. The molecule has 0 aliphatic carbocycles. The van der Waals surface area contributed by atoms with Crippen LogP contribution in [0.25, 0.3) is 0 Å². The zero-order valence-electron chi connectivity index (χ0n) is 9.57. The molecule has 0 saturated heterocycles. The summed E-state index contributed by atoms with van der Waals surface area (Å²) >= 11 is 0. The minimum absolute atomic E-state index is 0.0186. The molecule has 3 nitrogen and oxygen atoms in total. The van der Waals surface area contributed by atoms with Crippen molar-refractivity contribution in [3.8, 4) is 0 Å². The van der Waals surface area contributed by atoms with Gasteiger partial charge in [-0.3, -0.25) is 4.79 Å². The minimum atomic E-state index is -4.79. The number of amides is 1. The predicted octanol–water partition coefficient (Wildman–Crippen LogP) is 2.39. The van der Waals surface area contributed by atoms with Crippen molar-refractivity contribution in [3.63, 3.8) is 0 Å². The average molecular weight is 264 g/mol. The highest BCUT2D eigenvalue weighted by atomic mass is 19.4. The van der Waals surface area contributed by atoms with Gasteiger partial charge in [-0.05, 0) is 24.7 Å². The van der Waals surface area contributed by atoms with Gasteiger partial charge in [0, 0.05) is 5.69 Å². The number of benzene rings is 1. The fourth-order valence-electron chi connectivity index (χ4n) is 1.26. The molecule has 0 spiro atoms. The summed E-state index contributed by atoms with van der Waals surface area (Å²) in [6.07, 6.45) is -4.79. The molecule has 100 valence electrons. The molecule has 18 heavy (non-hydrogen) atoms. The van der Waals surface area contributed by atoms with Crippen molar-refractivity contribution >= 4 is 11.6 Å². The molecular weight excluding hydrogens is 252 g/mol. The topological polar surface area (TPSA) is 41.1 Å². The van der Waals surface area contributed by atoms with Crippen LogP contribution < -0.4 is 10.6 Å². The summed E-state index contributed by atoms with van der Waals surface area (Å²) in [6, 6.07) is 2.32. The predicted molar refractivity (Wildman–Crippen MR) is 58.6 cm³/mol. The van der Waals surface area contributed by atoms with Crippen molar-refractivity contribution in [2.45, 2.75) is 13.1 Å². The molecule has 0 fully saturated rings. The first kappa shape index (κ1) is 14.4. The molecule has 0 unspecified atom stereocenters. The van der Waals surface area contributed by atoms with E-state index in [1.54, 1.807) is 6.92 Å². The van der Waals surface area contributed by atoms with Gasteiger partial charge in [-0.2, -0.15) is 13.2 Å². The lowest BCUT2D eigenvalue weighted by Crippen LogP contribution is -2.27. The van der Waals surface area contributed by atoms with Crippen molar-refractivity contribution < 1.29 is 22.4 Å². The third-order valence-electron chi connectivity index (χ3n) is 2.09. The van der Waals surface area contributed by atoms with Crippen LogP contribution in [0.5, 0.6) is 0 Å². The Labute approximate surface area is 101 Å². The first-order valence-electron chi connectivity index (χ1n) is 5.22. The maximum atomic E-state index is 13.0. The van der Waals surface area contributed by atoms with E-state index >= 15 is 0 Å². The first-order valence-corrected chi connectivity index (χ1v) is 5.22. The second kappa shape index (κ2) is 5.81. The van der Waals surface area contributed by atoms with E-state index in [1.807, 2.05) is 0 Å². The van der Waals surface area contributed by atoms with Crippen LogP contribution in [0.4, 0.5) is 23.2 Å². The molecular formula is C11H12F4N2O. The first-order chi connectivity index (χ1) is 8.34. The third kappa shape index (κ3) is 3.99. The molecule has 0 aliphatic rings. The Morgan fingerprint density at radius 3 is 2.56 bits per heavy atom. The van der Waals surface area contributed by atoms with Crippen LogP contribution >= 0.6 is 0 Å². The van der Waals surface area contributed by atoms with E-state index in [4.69, 9.17) is 0 Å². The number of hydrogen-bond donors (Lipinski definition) is 2. The van der Waals surface area contributed by atoms with E-state index in [1.165, 1.54) is 0 Å². The van der Waals surface area contributed by atoms with Gasteiger partial charge in [-0.25, -0.2) is 4.39 Å². The van der Waals surface area contributed by atoms with Gasteiger partial charge in [0.2, 0.25) is 5.91 Å². The largest absolute Gasteiger partial charge is 0.419 e. The van der Waals surface area contributed by atoms with Crippen LogP contribution in [-0.4, -0.2) is 19.0 Å². The van der Waals surface area contributed by atoms with E-state index in [9.17, 15) is 22.4 Å². The SMILES string of the molecule is CCNCC(=O)Nc1ccc(F)c(C(F)(F)F)c1. The van der Waals surface area contributed by atoms with Crippen LogP contribution in [0.2, 0.25) is 0 Å². The van der Waals surface area contributed by atoms with Gasteiger partial charge >= 0.3 is 6.18 Å². The van der Waals surface area contributed by atoms with Crippen LogP contribution in [0.3, 0.4) is 0 Å². The summed E-state index contributed by atoms with van der Waals surface area (Å²) in [5, 5.41) is 4.96. The maximum Gasteiger partial charge on any atom is 0.419 e. The van der Waals surface area contributed by atoms with E-state index < -0.39 is 23.5 Å². The quantitative estimate of drug-likeness (QED) is 0.820. The molecule has 0 heterocycles. The number of anilines is 1. The van der Waals surface area contributed by atoms with Gasteiger partial charge in [0.15, 0.2) is 0 Å². The molecule has 0 aliphatic heterocycles. The van der Waals surface area contributed by atoms with Gasteiger partial charge in [0.05, 0.1) is 12.1 Å². The summed E-state index contributed by atoms with van der Waals surface area (Å²) < 4.78 is 50.2. The summed E-state index contributed by atoms with van der Waals surface area (Å²) in [5.74, 6) is -1.86. The number of rotatable bonds is 4.